The summed E-state index contributed by atoms with van der Waals surface area (Å²) < 4.78 is 16.7. The van der Waals surface area contributed by atoms with Crippen LogP contribution in [-0.2, 0) is 14.3 Å². The van der Waals surface area contributed by atoms with Crippen molar-refractivity contribution in [3.63, 3.8) is 0 Å². The zero-order chi connectivity index (χ0) is 21.7. The third kappa shape index (κ3) is 7.70. The molecule has 0 atom stereocenters. The summed E-state index contributed by atoms with van der Waals surface area (Å²) in [5, 5.41) is 6.63. The van der Waals surface area contributed by atoms with E-state index in [1.54, 1.807) is 4.90 Å². The van der Waals surface area contributed by atoms with Crippen LogP contribution in [0.3, 0.4) is 0 Å². The lowest BCUT2D eigenvalue weighted by atomic mass is 10.0. The number of fused-ring (bicyclic) bond motifs is 1. The number of ether oxygens (including phenoxy) is 3. The van der Waals surface area contributed by atoms with Crippen molar-refractivity contribution in [1.82, 2.24) is 10.6 Å². The summed E-state index contributed by atoms with van der Waals surface area (Å²) in [5.41, 5.74) is 0.841. The Morgan fingerprint density at radius 1 is 1.23 bits per heavy atom. The lowest BCUT2D eigenvalue weighted by molar-refractivity contribution is -0.121. The predicted molar refractivity (Wildman–Crippen MR) is 122 cm³/mol. The summed E-state index contributed by atoms with van der Waals surface area (Å²) in [4.78, 5) is 18.7. The molecule has 2 aliphatic rings. The van der Waals surface area contributed by atoms with Gasteiger partial charge in [0.05, 0.1) is 5.69 Å². The lowest BCUT2D eigenvalue weighted by Crippen LogP contribution is -2.40. The van der Waals surface area contributed by atoms with Crippen LogP contribution in [0.5, 0.6) is 5.75 Å². The quantitative estimate of drug-likeness (QED) is 0.317. The van der Waals surface area contributed by atoms with Gasteiger partial charge in [-0.1, -0.05) is 12.1 Å². The van der Waals surface area contributed by atoms with Crippen molar-refractivity contribution in [2.45, 2.75) is 32.6 Å². The second kappa shape index (κ2) is 13.2. The fraction of sp³-hybridized carbons (Fsp3) is 0.652. The van der Waals surface area contributed by atoms with Gasteiger partial charge >= 0.3 is 0 Å². The molecule has 8 heteroatoms. The average Bonchev–Trinajstić information content (AvgIpc) is 2.80. The highest BCUT2D eigenvalue weighted by atomic mass is 16.5. The monoisotopic (exact) mass is 432 g/mol. The molecule has 1 saturated heterocycles. The van der Waals surface area contributed by atoms with E-state index in [0.29, 0.717) is 19.0 Å². The lowest BCUT2D eigenvalue weighted by Gasteiger charge is -2.29. The molecule has 2 heterocycles. The molecule has 0 aromatic heterocycles. The summed E-state index contributed by atoms with van der Waals surface area (Å²) in [6, 6.07) is 7.66. The maximum absolute atomic E-state index is 12.2. The normalized spacial score (nSPS) is 17.3. The zero-order valence-electron chi connectivity index (χ0n) is 18.6. The Kier molecular flexibility index (Phi) is 9.92. The highest BCUT2D eigenvalue weighted by molar-refractivity contribution is 5.97. The number of aliphatic imine (C=N–C) groups is 1. The molecule has 0 aliphatic carbocycles. The standard InChI is InChI=1S/C23H36N4O4/c1-2-24-23(26-12-6-14-30-17-19-9-15-29-16-10-19)25-11-5-13-27-20-7-3-4-8-21(20)31-18-22(27)28/h3-4,7-8,19H,2,5-6,9-18H2,1H3,(H2,24,25,26). The number of amides is 1. The number of nitrogens with one attached hydrogen (secondary N) is 2. The minimum atomic E-state index is -0.00605. The van der Waals surface area contributed by atoms with Gasteiger partial charge < -0.3 is 29.7 Å². The van der Waals surface area contributed by atoms with E-state index in [1.807, 2.05) is 24.3 Å². The average molecular weight is 433 g/mol. The number of nitrogens with zero attached hydrogens (tertiary/aromatic N) is 2. The topological polar surface area (TPSA) is 84.4 Å². The van der Waals surface area contributed by atoms with Gasteiger partial charge in [-0.2, -0.15) is 0 Å². The van der Waals surface area contributed by atoms with E-state index in [2.05, 4.69) is 22.5 Å². The van der Waals surface area contributed by atoms with Crippen molar-refractivity contribution in [1.29, 1.82) is 0 Å². The first-order valence-electron chi connectivity index (χ1n) is 11.5. The molecule has 1 amide bonds. The molecular formula is C23H36N4O4. The van der Waals surface area contributed by atoms with Crippen LogP contribution in [0.4, 0.5) is 5.69 Å². The second-order valence-corrected chi connectivity index (χ2v) is 7.83. The van der Waals surface area contributed by atoms with E-state index in [0.717, 1.165) is 82.6 Å². The van der Waals surface area contributed by atoms with E-state index < -0.39 is 0 Å². The molecule has 0 radical (unpaired) electrons. The van der Waals surface area contributed by atoms with Gasteiger partial charge in [0.1, 0.15) is 5.75 Å². The Balaban J connectivity index is 1.33. The summed E-state index contributed by atoms with van der Waals surface area (Å²) in [6.07, 6.45) is 3.94. The van der Waals surface area contributed by atoms with Crippen LogP contribution in [0.25, 0.3) is 0 Å². The molecule has 0 unspecified atom stereocenters. The molecule has 1 fully saturated rings. The van der Waals surface area contributed by atoms with Crippen molar-refractivity contribution >= 4 is 17.6 Å². The fourth-order valence-electron chi connectivity index (χ4n) is 3.70. The minimum absolute atomic E-state index is 0.00605. The molecule has 1 aromatic carbocycles. The molecule has 1 aromatic rings. The van der Waals surface area contributed by atoms with Crippen molar-refractivity contribution < 1.29 is 19.0 Å². The van der Waals surface area contributed by atoms with Crippen LogP contribution in [0.15, 0.2) is 29.3 Å². The van der Waals surface area contributed by atoms with Crippen LogP contribution in [-0.4, -0.2) is 71.1 Å². The summed E-state index contributed by atoms with van der Waals surface area (Å²) in [5.74, 6) is 2.21. The maximum Gasteiger partial charge on any atom is 0.265 e. The number of benzene rings is 1. The fourth-order valence-corrected chi connectivity index (χ4v) is 3.70. The molecule has 2 aliphatic heterocycles. The highest BCUT2D eigenvalue weighted by Crippen LogP contribution is 2.31. The van der Waals surface area contributed by atoms with Crippen molar-refractivity contribution in [2.75, 3.05) is 64.1 Å². The molecule has 31 heavy (non-hydrogen) atoms. The van der Waals surface area contributed by atoms with Crippen molar-refractivity contribution in [3.05, 3.63) is 24.3 Å². The van der Waals surface area contributed by atoms with Crippen molar-refractivity contribution in [3.8, 4) is 5.75 Å². The van der Waals surface area contributed by atoms with E-state index >= 15 is 0 Å². The highest BCUT2D eigenvalue weighted by Gasteiger charge is 2.24. The molecule has 172 valence electrons. The number of para-hydroxylation sites is 2. The first-order valence-corrected chi connectivity index (χ1v) is 11.5. The molecule has 0 spiro atoms. The molecule has 8 nitrogen and oxygen atoms in total. The number of carbonyl (C=O) groups excluding carboxylic acids is 1. The van der Waals surface area contributed by atoms with Gasteiger partial charge in [0.2, 0.25) is 0 Å². The molecule has 3 rings (SSSR count). The van der Waals surface area contributed by atoms with E-state index in [-0.39, 0.29) is 12.5 Å². The van der Waals surface area contributed by atoms with E-state index in [1.165, 1.54) is 0 Å². The van der Waals surface area contributed by atoms with Gasteiger partial charge in [-0.25, -0.2) is 0 Å². The predicted octanol–water partition coefficient (Wildman–Crippen LogP) is 2.19. The van der Waals surface area contributed by atoms with Gasteiger partial charge in [0, 0.05) is 52.6 Å². The zero-order valence-corrected chi connectivity index (χ0v) is 18.6. The molecule has 0 saturated carbocycles. The SMILES string of the molecule is CCNC(=NCCCN1C(=O)COc2ccccc21)NCCCOCC1CCOCC1. The molecule has 0 bridgehead atoms. The number of guanidine groups is 1. The van der Waals surface area contributed by atoms with E-state index in [4.69, 9.17) is 14.2 Å². The Morgan fingerprint density at radius 2 is 2.06 bits per heavy atom. The Labute approximate surface area is 185 Å². The van der Waals surface area contributed by atoms with Crippen LogP contribution in [0.2, 0.25) is 0 Å². The van der Waals surface area contributed by atoms with E-state index in [9.17, 15) is 4.79 Å². The Hall–Kier alpha value is -2.32. The maximum atomic E-state index is 12.2. The van der Waals surface area contributed by atoms with Gasteiger partial charge in [-0.05, 0) is 50.7 Å². The third-order valence-electron chi connectivity index (χ3n) is 5.41. The van der Waals surface area contributed by atoms with Crippen LogP contribution in [0.1, 0.15) is 32.6 Å². The van der Waals surface area contributed by atoms with Gasteiger partial charge in [0.25, 0.3) is 5.91 Å². The molecule has 2 N–H and O–H groups in total. The number of hydrogen-bond acceptors (Lipinski definition) is 5. The van der Waals surface area contributed by atoms with Gasteiger partial charge in [-0.3, -0.25) is 9.79 Å². The number of hydrogen-bond donors (Lipinski definition) is 2. The summed E-state index contributed by atoms with van der Waals surface area (Å²) >= 11 is 0. The summed E-state index contributed by atoms with van der Waals surface area (Å²) in [7, 11) is 0. The minimum Gasteiger partial charge on any atom is -0.482 e. The van der Waals surface area contributed by atoms with Crippen molar-refractivity contribution in [2.24, 2.45) is 10.9 Å². The largest absolute Gasteiger partial charge is 0.482 e. The van der Waals surface area contributed by atoms with Gasteiger partial charge in [0.15, 0.2) is 12.6 Å². The van der Waals surface area contributed by atoms with Crippen LogP contribution < -0.4 is 20.3 Å². The second-order valence-electron chi connectivity index (χ2n) is 7.83. The molecular weight excluding hydrogens is 396 g/mol. The summed E-state index contributed by atoms with van der Waals surface area (Å²) in [6.45, 7) is 8.36. The number of rotatable bonds is 11. The Morgan fingerprint density at radius 3 is 2.90 bits per heavy atom. The number of carbonyl (C=O) groups is 1. The first-order chi connectivity index (χ1) is 15.3. The first kappa shape index (κ1) is 23.3. The third-order valence-corrected chi connectivity index (χ3v) is 5.41. The number of anilines is 1. The Bertz CT molecular complexity index is 707. The smallest absolute Gasteiger partial charge is 0.265 e. The van der Waals surface area contributed by atoms with Gasteiger partial charge in [-0.15, -0.1) is 0 Å². The van der Waals surface area contributed by atoms with Crippen LogP contribution >= 0.6 is 0 Å². The van der Waals surface area contributed by atoms with Crippen LogP contribution in [0, 0.1) is 5.92 Å².